The first-order valence-corrected chi connectivity index (χ1v) is 10.0. The van der Waals surface area contributed by atoms with Crippen molar-refractivity contribution >= 4 is 23.4 Å². The molecule has 0 aliphatic rings. The lowest BCUT2D eigenvalue weighted by Gasteiger charge is -2.14. The summed E-state index contributed by atoms with van der Waals surface area (Å²) < 4.78 is 15.9. The van der Waals surface area contributed by atoms with E-state index in [0.29, 0.717) is 22.8 Å². The van der Waals surface area contributed by atoms with Crippen molar-refractivity contribution in [2.75, 3.05) is 26.6 Å². The van der Waals surface area contributed by atoms with E-state index >= 15 is 0 Å². The maximum absolute atomic E-state index is 12.7. The zero-order chi connectivity index (χ0) is 20.6. The first kappa shape index (κ1) is 20.6. The van der Waals surface area contributed by atoms with Crippen molar-refractivity contribution in [3.8, 4) is 17.2 Å². The number of benzene rings is 3. The molecule has 0 radical (unpaired) electrons. The molecule has 3 rings (SSSR count). The van der Waals surface area contributed by atoms with E-state index in [1.54, 1.807) is 23.9 Å². The van der Waals surface area contributed by atoms with Crippen molar-refractivity contribution in [2.24, 2.45) is 0 Å². The molecule has 6 heteroatoms. The molecule has 3 aromatic carbocycles. The maximum Gasteiger partial charge on any atom is 0.255 e. The largest absolute Gasteiger partial charge is 0.493 e. The third kappa shape index (κ3) is 5.23. The Morgan fingerprint density at radius 1 is 0.862 bits per heavy atom. The number of methoxy groups -OCH3 is 3. The number of hydrogen-bond acceptors (Lipinski definition) is 5. The van der Waals surface area contributed by atoms with Crippen LogP contribution in [-0.2, 0) is 5.75 Å². The molecule has 0 saturated heterocycles. The van der Waals surface area contributed by atoms with Gasteiger partial charge in [0.25, 0.3) is 5.91 Å². The molecule has 150 valence electrons. The van der Waals surface area contributed by atoms with Crippen molar-refractivity contribution in [1.82, 2.24) is 0 Å². The molecular weight excluding hydrogens is 386 g/mol. The number of amides is 1. The van der Waals surface area contributed by atoms with Crippen LogP contribution in [-0.4, -0.2) is 27.2 Å². The zero-order valence-electron chi connectivity index (χ0n) is 16.6. The fourth-order valence-corrected chi connectivity index (χ4v) is 3.66. The fraction of sp³-hybridized carbons (Fsp3) is 0.174. The van der Waals surface area contributed by atoms with Gasteiger partial charge in [-0.3, -0.25) is 4.79 Å². The van der Waals surface area contributed by atoms with Gasteiger partial charge < -0.3 is 19.5 Å². The summed E-state index contributed by atoms with van der Waals surface area (Å²) in [5.41, 5.74) is 2.32. The number of thioether (sulfide) groups is 1. The van der Waals surface area contributed by atoms with E-state index in [-0.39, 0.29) is 5.91 Å². The van der Waals surface area contributed by atoms with Crippen LogP contribution < -0.4 is 19.5 Å². The molecular formula is C23H23NO4S. The molecule has 29 heavy (non-hydrogen) atoms. The second-order valence-corrected chi connectivity index (χ2v) is 7.22. The summed E-state index contributed by atoms with van der Waals surface area (Å²) in [5, 5.41) is 2.90. The smallest absolute Gasteiger partial charge is 0.255 e. The first-order valence-electron chi connectivity index (χ1n) is 9.02. The molecule has 0 unspecified atom stereocenters. The lowest BCUT2D eigenvalue weighted by Crippen LogP contribution is -2.12. The highest BCUT2D eigenvalue weighted by molar-refractivity contribution is 7.98. The quantitative estimate of drug-likeness (QED) is 0.515. The summed E-state index contributed by atoms with van der Waals surface area (Å²) in [6, 6.07) is 21.3. The number of nitrogens with one attached hydrogen (secondary N) is 1. The van der Waals surface area contributed by atoms with Gasteiger partial charge >= 0.3 is 0 Å². The van der Waals surface area contributed by atoms with Crippen molar-refractivity contribution < 1.29 is 19.0 Å². The normalized spacial score (nSPS) is 10.3. The second kappa shape index (κ2) is 9.89. The average molecular weight is 410 g/mol. The molecule has 0 heterocycles. The summed E-state index contributed by atoms with van der Waals surface area (Å²) in [4.78, 5) is 13.9. The average Bonchev–Trinajstić information content (AvgIpc) is 2.78. The molecule has 0 aliphatic heterocycles. The minimum atomic E-state index is -0.254. The second-order valence-electron chi connectivity index (χ2n) is 6.17. The van der Waals surface area contributed by atoms with E-state index in [2.05, 4.69) is 17.4 Å². The van der Waals surface area contributed by atoms with Crippen molar-refractivity contribution in [3.05, 3.63) is 77.9 Å². The van der Waals surface area contributed by atoms with Gasteiger partial charge in [-0.1, -0.05) is 30.3 Å². The Hall–Kier alpha value is -3.12. The van der Waals surface area contributed by atoms with Crippen molar-refractivity contribution in [3.63, 3.8) is 0 Å². The van der Waals surface area contributed by atoms with Crippen LogP contribution in [0.4, 0.5) is 5.69 Å². The molecule has 1 N–H and O–H groups in total. The van der Waals surface area contributed by atoms with E-state index in [4.69, 9.17) is 14.2 Å². The molecule has 0 atom stereocenters. The van der Waals surface area contributed by atoms with Gasteiger partial charge in [-0.15, -0.1) is 11.8 Å². The topological polar surface area (TPSA) is 56.8 Å². The van der Waals surface area contributed by atoms with Crippen molar-refractivity contribution in [2.45, 2.75) is 10.6 Å². The minimum Gasteiger partial charge on any atom is -0.493 e. The third-order valence-electron chi connectivity index (χ3n) is 4.29. The highest BCUT2D eigenvalue weighted by Crippen LogP contribution is 2.38. The van der Waals surface area contributed by atoms with E-state index in [9.17, 15) is 4.79 Å². The Morgan fingerprint density at radius 3 is 2.03 bits per heavy atom. The molecule has 0 bridgehead atoms. The van der Waals surface area contributed by atoms with Crippen LogP contribution in [0, 0.1) is 0 Å². The van der Waals surface area contributed by atoms with E-state index < -0.39 is 0 Å². The fourth-order valence-electron chi connectivity index (χ4n) is 2.78. The zero-order valence-corrected chi connectivity index (χ0v) is 17.4. The van der Waals surface area contributed by atoms with E-state index in [0.717, 1.165) is 11.4 Å². The van der Waals surface area contributed by atoms with Crippen LogP contribution in [0.25, 0.3) is 0 Å². The van der Waals surface area contributed by atoms with Crippen LogP contribution >= 0.6 is 11.8 Å². The summed E-state index contributed by atoms with van der Waals surface area (Å²) in [5.74, 6) is 1.93. The molecule has 1 amide bonds. The number of anilines is 1. The van der Waals surface area contributed by atoms with Gasteiger partial charge in [0.2, 0.25) is 5.75 Å². The van der Waals surface area contributed by atoms with Gasteiger partial charge in [0.05, 0.1) is 21.3 Å². The molecule has 0 saturated carbocycles. The Bertz CT molecular complexity index is 933. The number of rotatable bonds is 8. The van der Waals surface area contributed by atoms with E-state index in [1.165, 1.54) is 31.8 Å². The molecule has 0 aromatic heterocycles. The lowest BCUT2D eigenvalue weighted by atomic mass is 10.1. The van der Waals surface area contributed by atoms with Crippen LogP contribution in [0.5, 0.6) is 17.2 Å². The Balaban J connectivity index is 1.67. The Labute approximate surface area is 175 Å². The Morgan fingerprint density at radius 2 is 1.48 bits per heavy atom. The van der Waals surface area contributed by atoms with Gasteiger partial charge in [0.1, 0.15) is 0 Å². The lowest BCUT2D eigenvalue weighted by molar-refractivity contribution is 0.102. The number of carbonyl (C=O) groups is 1. The number of carbonyl (C=O) groups excluding carboxylic acids is 1. The number of ether oxygens (including phenoxy) is 3. The maximum atomic E-state index is 12.7. The molecule has 0 fully saturated rings. The van der Waals surface area contributed by atoms with Crippen LogP contribution in [0.2, 0.25) is 0 Å². The van der Waals surface area contributed by atoms with Crippen LogP contribution in [0.3, 0.4) is 0 Å². The van der Waals surface area contributed by atoms with Gasteiger partial charge in [-0.25, -0.2) is 0 Å². The summed E-state index contributed by atoms with van der Waals surface area (Å²) in [7, 11) is 4.56. The SMILES string of the molecule is COc1cc(C(=O)Nc2ccc(CSc3ccccc3)cc2)cc(OC)c1OC. The van der Waals surface area contributed by atoms with Gasteiger partial charge in [0.15, 0.2) is 11.5 Å². The summed E-state index contributed by atoms with van der Waals surface area (Å²) in [6.45, 7) is 0. The Kier molecular flexibility index (Phi) is 7.03. The molecule has 3 aromatic rings. The standard InChI is InChI=1S/C23H23NO4S/c1-26-20-13-17(14-21(27-2)22(20)28-3)23(25)24-18-11-9-16(10-12-18)15-29-19-7-5-4-6-8-19/h4-14H,15H2,1-3H3,(H,24,25). The third-order valence-corrected chi connectivity index (χ3v) is 5.37. The number of hydrogen-bond donors (Lipinski definition) is 1. The van der Waals surface area contributed by atoms with Gasteiger partial charge in [0, 0.05) is 21.9 Å². The predicted molar refractivity (Wildman–Crippen MR) is 116 cm³/mol. The molecule has 0 aliphatic carbocycles. The summed E-state index contributed by atoms with van der Waals surface area (Å²) >= 11 is 1.77. The highest BCUT2D eigenvalue weighted by atomic mass is 32.2. The van der Waals surface area contributed by atoms with E-state index in [1.807, 2.05) is 42.5 Å². The van der Waals surface area contributed by atoms with Crippen LogP contribution in [0.15, 0.2) is 71.6 Å². The van der Waals surface area contributed by atoms with Crippen molar-refractivity contribution in [1.29, 1.82) is 0 Å². The van der Waals surface area contributed by atoms with Crippen LogP contribution in [0.1, 0.15) is 15.9 Å². The first-order chi connectivity index (χ1) is 14.1. The minimum absolute atomic E-state index is 0.254. The highest BCUT2D eigenvalue weighted by Gasteiger charge is 2.17. The molecule has 5 nitrogen and oxygen atoms in total. The summed E-state index contributed by atoms with van der Waals surface area (Å²) in [6.07, 6.45) is 0. The van der Waals surface area contributed by atoms with Gasteiger partial charge in [-0.05, 0) is 42.0 Å². The van der Waals surface area contributed by atoms with Gasteiger partial charge in [-0.2, -0.15) is 0 Å². The molecule has 0 spiro atoms. The monoisotopic (exact) mass is 409 g/mol. The predicted octanol–water partition coefficient (Wildman–Crippen LogP) is 5.26.